The number of benzene rings is 1. The van der Waals surface area contributed by atoms with Crippen molar-refractivity contribution in [3.8, 4) is 5.75 Å². The molecular formula is C15H23ClN2O. The van der Waals surface area contributed by atoms with Gasteiger partial charge in [-0.15, -0.1) is 0 Å². The first-order valence-electron chi connectivity index (χ1n) is 6.96. The number of methoxy groups -OCH3 is 1. The number of hydrazine groups is 1. The molecule has 0 bridgehead atoms. The molecule has 106 valence electrons. The van der Waals surface area contributed by atoms with Crippen LogP contribution in [-0.4, -0.2) is 7.11 Å². The van der Waals surface area contributed by atoms with Crippen LogP contribution in [0.1, 0.15) is 50.6 Å². The lowest BCUT2D eigenvalue weighted by molar-refractivity contribution is 0.184. The molecule has 1 aromatic rings. The summed E-state index contributed by atoms with van der Waals surface area (Å²) >= 11 is 6.15. The van der Waals surface area contributed by atoms with Crippen molar-refractivity contribution in [3.63, 3.8) is 0 Å². The molecule has 0 spiro atoms. The predicted molar refractivity (Wildman–Crippen MR) is 79.3 cm³/mol. The molecule has 1 aromatic carbocycles. The molecule has 0 aromatic heterocycles. The third-order valence-corrected chi connectivity index (χ3v) is 4.82. The minimum absolute atomic E-state index is 0.0913. The van der Waals surface area contributed by atoms with E-state index in [9.17, 15) is 0 Å². The van der Waals surface area contributed by atoms with E-state index < -0.39 is 0 Å². The average Bonchev–Trinajstić information content (AvgIpc) is 2.90. The highest BCUT2D eigenvalue weighted by atomic mass is 35.5. The summed E-state index contributed by atoms with van der Waals surface area (Å²) in [5, 5.41) is 0.723. The van der Waals surface area contributed by atoms with Crippen LogP contribution in [0.2, 0.25) is 5.02 Å². The van der Waals surface area contributed by atoms with E-state index in [1.165, 1.54) is 25.7 Å². The van der Waals surface area contributed by atoms with Crippen molar-refractivity contribution in [1.82, 2.24) is 5.43 Å². The number of nitrogens with two attached hydrogens (primary N) is 1. The normalized spacial score (nSPS) is 19.4. The van der Waals surface area contributed by atoms with Crippen LogP contribution >= 0.6 is 11.6 Å². The zero-order chi connectivity index (χ0) is 13.9. The molecule has 1 fully saturated rings. The van der Waals surface area contributed by atoms with Gasteiger partial charge < -0.3 is 4.74 Å². The summed E-state index contributed by atoms with van der Waals surface area (Å²) in [6, 6.07) is 5.83. The van der Waals surface area contributed by atoms with Crippen LogP contribution in [0.4, 0.5) is 0 Å². The first kappa shape index (κ1) is 14.6. The van der Waals surface area contributed by atoms with E-state index in [-0.39, 0.29) is 11.5 Å². The van der Waals surface area contributed by atoms with Crippen LogP contribution in [0.3, 0.4) is 0 Å². The van der Waals surface area contributed by atoms with Gasteiger partial charge in [0.1, 0.15) is 5.75 Å². The monoisotopic (exact) mass is 282 g/mol. The van der Waals surface area contributed by atoms with E-state index in [4.69, 9.17) is 22.2 Å². The molecule has 1 saturated carbocycles. The van der Waals surface area contributed by atoms with Crippen molar-refractivity contribution in [2.24, 2.45) is 11.3 Å². The molecule has 1 atom stereocenters. The first-order chi connectivity index (χ1) is 9.16. The van der Waals surface area contributed by atoms with Gasteiger partial charge in [-0.1, -0.05) is 31.4 Å². The summed E-state index contributed by atoms with van der Waals surface area (Å²) in [5.41, 5.74) is 4.30. The van der Waals surface area contributed by atoms with Gasteiger partial charge in [0, 0.05) is 10.6 Å². The summed E-state index contributed by atoms with van der Waals surface area (Å²) in [6.45, 7) is 2.24. The van der Waals surface area contributed by atoms with Crippen molar-refractivity contribution in [1.29, 1.82) is 0 Å². The van der Waals surface area contributed by atoms with Gasteiger partial charge in [-0.25, -0.2) is 0 Å². The summed E-state index contributed by atoms with van der Waals surface area (Å²) in [5.74, 6) is 6.72. The Morgan fingerprint density at radius 2 is 2.11 bits per heavy atom. The van der Waals surface area contributed by atoms with E-state index in [1.807, 2.05) is 18.2 Å². The number of nitrogens with one attached hydrogen (secondary N) is 1. The van der Waals surface area contributed by atoms with Gasteiger partial charge in [-0.3, -0.25) is 11.3 Å². The molecule has 3 N–H and O–H groups in total. The van der Waals surface area contributed by atoms with E-state index in [1.54, 1.807) is 7.11 Å². The van der Waals surface area contributed by atoms with E-state index in [0.717, 1.165) is 22.8 Å². The molecule has 19 heavy (non-hydrogen) atoms. The number of hydrogen-bond donors (Lipinski definition) is 2. The highest BCUT2D eigenvalue weighted by Gasteiger charge is 2.41. The topological polar surface area (TPSA) is 47.3 Å². The first-order valence-corrected chi connectivity index (χ1v) is 7.34. The van der Waals surface area contributed by atoms with Gasteiger partial charge in [0.25, 0.3) is 0 Å². The number of halogens is 1. The predicted octanol–water partition coefficient (Wildman–Crippen LogP) is 3.82. The van der Waals surface area contributed by atoms with Gasteiger partial charge in [0.05, 0.1) is 13.2 Å². The lowest BCUT2D eigenvalue weighted by atomic mass is 9.73. The van der Waals surface area contributed by atoms with E-state index >= 15 is 0 Å². The Morgan fingerprint density at radius 1 is 1.42 bits per heavy atom. The maximum atomic E-state index is 6.15. The molecule has 0 radical (unpaired) electrons. The Labute approximate surface area is 120 Å². The SMILES string of the molecule is CCC1(C(NN)c2cc(Cl)ccc2OC)CCCC1. The Morgan fingerprint density at radius 3 is 2.63 bits per heavy atom. The Hall–Kier alpha value is -0.770. The van der Waals surface area contributed by atoms with Gasteiger partial charge in [-0.05, 0) is 42.9 Å². The van der Waals surface area contributed by atoms with Crippen molar-refractivity contribution >= 4 is 11.6 Å². The second-order valence-electron chi connectivity index (χ2n) is 5.41. The Kier molecular flexibility index (Phi) is 4.71. The Balaban J connectivity index is 2.43. The smallest absolute Gasteiger partial charge is 0.123 e. The molecule has 2 rings (SSSR count). The number of ether oxygens (including phenoxy) is 1. The van der Waals surface area contributed by atoms with Crippen molar-refractivity contribution < 1.29 is 4.74 Å². The van der Waals surface area contributed by atoms with Crippen molar-refractivity contribution in [3.05, 3.63) is 28.8 Å². The van der Waals surface area contributed by atoms with Crippen LogP contribution in [0, 0.1) is 5.41 Å². The van der Waals surface area contributed by atoms with Crippen molar-refractivity contribution in [2.45, 2.75) is 45.1 Å². The van der Waals surface area contributed by atoms with Gasteiger partial charge in [0.2, 0.25) is 0 Å². The fourth-order valence-electron chi connectivity index (χ4n) is 3.45. The molecule has 4 heteroatoms. The van der Waals surface area contributed by atoms with Crippen LogP contribution in [-0.2, 0) is 0 Å². The van der Waals surface area contributed by atoms with E-state index in [2.05, 4.69) is 12.3 Å². The van der Waals surface area contributed by atoms with Gasteiger partial charge in [0.15, 0.2) is 0 Å². The molecule has 0 aliphatic heterocycles. The zero-order valence-corrected chi connectivity index (χ0v) is 12.5. The summed E-state index contributed by atoms with van der Waals surface area (Å²) in [7, 11) is 1.69. The largest absolute Gasteiger partial charge is 0.496 e. The molecule has 1 unspecified atom stereocenters. The highest BCUT2D eigenvalue weighted by molar-refractivity contribution is 6.30. The maximum Gasteiger partial charge on any atom is 0.123 e. The second-order valence-corrected chi connectivity index (χ2v) is 5.85. The molecule has 1 aliphatic rings. The summed E-state index contributed by atoms with van der Waals surface area (Å²) < 4.78 is 5.48. The standard InChI is InChI=1S/C15H23ClN2O/c1-3-15(8-4-5-9-15)14(18-17)12-10-11(16)6-7-13(12)19-2/h6-7,10,14,18H,3-5,8-9,17H2,1-2H3. The zero-order valence-electron chi connectivity index (χ0n) is 11.7. The lowest BCUT2D eigenvalue weighted by Crippen LogP contribution is -2.40. The van der Waals surface area contributed by atoms with Crippen LogP contribution in [0.15, 0.2) is 18.2 Å². The maximum absolute atomic E-state index is 6.15. The van der Waals surface area contributed by atoms with Gasteiger partial charge in [-0.2, -0.15) is 0 Å². The molecule has 0 amide bonds. The number of hydrogen-bond acceptors (Lipinski definition) is 3. The van der Waals surface area contributed by atoms with Crippen LogP contribution in [0.25, 0.3) is 0 Å². The van der Waals surface area contributed by atoms with Crippen LogP contribution < -0.4 is 16.0 Å². The Bertz CT molecular complexity index is 430. The minimum atomic E-state index is 0.0913. The third kappa shape index (κ3) is 2.73. The van der Waals surface area contributed by atoms with Gasteiger partial charge >= 0.3 is 0 Å². The fourth-order valence-corrected chi connectivity index (χ4v) is 3.63. The number of rotatable bonds is 5. The molecule has 3 nitrogen and oxygen atoms in total. The van der Waals surface area contributed by atoms with Crippen molar-refractivity contribution in [2.75, 3.05) is 7.11 Å². The average molecular weight is 283 g/mol. The molecule has 0 heterocycles. The quantitative estimate of drug-likeness (QED) is 0.637. The molecular weight excluding hydrogens is 260 g/mol. The highest BCUT2D eigenvalue weighted by Crippen LogP contribution is 2.51. The fraction of sp³-hybridized carbons (Fsp3) is 0.600. The molecule has 1 aliphatic carbocycles. The third-order valence-electron chi connectivity index (χ3n) is 4.59. The lowest BCUT2D eigenvalue weighted by Gasteiger charge is -2.37. The summed E-state index contributed by atoms with van der Waals surface area (Å²) in [6.07, 6.45) is 6.06. The van der Waals surface area contributed by atoms with E-state index in [0.29, 0.717) is 0 Å². The van der Waals surface area contributed by atoms with Crippen LogP contribution in [0.5, 0.6) is 5.75 Å². The summed E-state index contributed by atoms with van der Waals surface area (Å²) in [4.78, 5) is 0. The minimum Gasteiger partial charge on any atom is -0.496 e. The second kappa shape index (κ2) is 6.12. The molecule has 0 saturated heterocycles.